The Kier molecular flexibility index (Phi) is 44.0. The molecular weight excluding hydrogens is 721 g/mol. The second-order valence-electron chi connectivity index (χ2n) is 15.6. The summed E-state index contributed by atoms with van der Waals surface area (Å²) in [6.45, 7) is 6.36. The fourth-order valence-corrected chi connectivity index (χ4v) is 6.41. The maximum atomic E-state index is 12.7. The van der Waals surface area contributed by atoms with Crippen molar-refractivity contribution in [1.82, 2.24) is 0 Å². The van der Waals surface area contributed by atoms with E-state index in [1.165, 1.54) is 70.6 Å². The van der Waals surface area contributed by atoms with Gasteiger partial charge in [0.05, 0.1) is 0 Å². The van der Waals surface area contributed by atoms with Gasteiger partial charge in [0.2, 0.25) is 0 Å². The summed E-state index contributed by atoms with van der Waals surface area (Å²) in [5, 5.41) is 0. The van der Waals surface area contributed by atoms with E-state index in [9.17, 15) is 14.4 Å². The molecule has 0 aromatic heterocycles. The SMILES string of the molecule is CC/C=C\C/C=C\C/C=C\C/C=C\CCCCCC(=O)OCC(COC(=O)CCCCCCCCCCCC)OC(=O)CCCCCCCCC/C=C\C/C=C\CC. The number of hydrogen-bond acceptors (Lipinski definition) is 6. The minimum absolute atomic E-state index is 0.0882. The van der Waals surface area contributed by atoms with E-state index in [1.807, 2.05) is 0 Å². The third-order valence-electron chi connectivity index (χ3n) is 9.96. The molecule has 6 heteroatoms. The van der Waals surface area contributed by atoms with Gasteiger partial charge < -0.3 is 14.2 Å². The van der Waals surface area contributed by atoms with Crippen molar-refractivity contribution in [3.63, 3.8) is 0 Å². The minimum Gasteiger partial charge on any atom is -0.462 e. The molecule has 1 unspecified atom stereocenters. The van der Waals surface area contributed by atoms with Gasteiger partial charge in [0.1, 0.15) is 13.2 Å². The number of ether oxygens (including phenoxy) is 3. The molecule has 0 aromatic carbocycles. The Hall–Kier alpha value is -3.15. The van der Waals surface area contributed by atoms with Crippen molar-refractivity contribution in [3.05, 3.63) is 72.9 Å². The second kappa shape index (κ2) is 46.5. The van der Waals surface area contributed by atoms with Crippen molar-refractivity contribution in [2.75, 3.05) is 13.2 Å². The van der Waals surface area contributed by atoms with Crippen LogP contribution in [0.15, 0.2) is 72.9 Å². The number of unbranched alkanes of at least 4 members (excludes halogenated alkanes) is 19. The summed E-state index contributed by atoms with van der Waals surface area (Å²) in [5.41, 5.74) is 0. The molecule has 0 aliphatic heterocycles. The lowest BCUT2D eigenvalue weighted by Gasteiger charge is -2.18. The lowest BCUT2D eigenvalue weighted by Crippen LogP contribution is -2.30. The monoisotopic (exact) mass is 809 g/mol. The van der Waals surface area contributed by atoms with Gasteiger partial charge in [0.25, 0.3) is 0 Å². The van der Waals surface area contributed by atoms with Crippen molar-refractivity contribution in [1.29, 1.82) is 0 Å². The highest BCUT2D eigenvalue weighted by Gasteiger charge is 2.19. The Bertz CT molecular complexity index is 1110. The number of allylic oxidation sites excluding steroid dienone is 12. The quantitative estimate of drug-likeness (QED) is 0.0264. The van der Waals surface area contributed by atoms with E-state index >= 15 is 0 Å². The summed E-state index contributed by atoms with van der Waals surface area (Å²) in [4.78, 5) is 37.8. The smallest absolute Gasteiger partial charge is 0.306 e. The number of rotatable bonds is 42. The molecule has 0 amide bonds. The van der Waals surface area contributed by atoms with Gasteiger partial charge in [-0.05, 0) is 83.5 Å². The van der Waals surface area contributed by atoms with E-state index in [4.69, 9.17) is 14.2 Å². The molecule has 0 radical (unpaired) electrons. The highest BCUT2D eigenvalue weighted by molar-refractivity contribution is 5.71. The predicted molar refractivity (Wildman–Crippen MR) is 247 cm³/mol. The molecule has 0 rings (SSSR count). The van der Waals surface area contributed by atoms with Crippen LogP contribution in [-0.4, -0.2) is 37.2 Å². The third kappa shape index (κ3) is 44.0. The summed E-state index contributed by atoms with van der Waals surface area (Å²) in [5.74, 6) is -0.933. The Morgan fingerprint density at radius 1 is 0.362 bits per heavy atom. The van der Waals surface area contributed by atoms with E-state index in [-0.39, 0.29) is 31.1 Å². The normalized spacial score (nSPS) is 12.7. The van der Waals surface area contributed by atoms with Crippen LogP contribution in [0, 0.1) is 0 Å². The zero-order valence-electron chi connectivity index (χ0n) is 37.8. The van der Waals surface area contributed by atoms with Crippen molar-refractivity contribution in [3.8, 4) is 0 Å². The van der Waals surface area contributed by atoms with Gasteiger partial charge in [-0.25, -0.2) is 0 Å². The Balaban J connectivity index is 4.43. The van der Waals surface area contributed by atoms with Gasteiger partial charge in [-0.1, -0.05) is 190 Å². The summed E-state index contributed by atoms with van der Waals surface area (Å²) in [6.07, 6.45) is 57.4. The van der Waals surface area contributed by atoms with Crippen molar-refractivity contribution in [2.45, 2.75) is 226 Å². The number of carbonyl (C=O) groups excluding carboxylic acids is 3. The molecule has 0 N–H and O–H groups in total. The Morgan fingerprint density at radius 2 is 0.672 bits per heavy atom. The molecule has 0 heterocycles. The van der Waals surface area contributed by atoms with Gasteiger partial charge in [0, 0.05) is 19.3 Å². The second-order valence-corrected chi connectivity index (χ2v) is 15.6. The first-order valence-corrected chi connectivity index (χ1v) is 23.9. The average molecular weight is 809 g/mol. The number of esters is 3. The minimum atomic E-state index is -0.789. The fourth-order valence-electron chi connectivity index (χ4n) is 6.41. The molecule has 0 bridgehead atoms. The molecule has 0 aromatic rings. The maximum absolute atomic E-state index is 12.7. The first-order valence-electron chi connectivity index (χ1n) is 23.9. The summed E-state index contributed by atoms with van der Waals surface area (Å²) >= 11 is 0. The van der Waals surface area contributed by atoms with Crippen LogP contribution in [0.2, 0.25) is 0 Å². The lowest BCUT2D eigenvalue weighted by molar-refractivity contribution is -0.167. The van der Waals surface area contributed by atoms with Crippen LogP contribution in [-0.2, 0) is 28.6 Å². The van der Waals surface area contributed by atoms with Crippen molar-refractivity contribution in [2.24, 2.45) is 0 Å². The topological polar surface area (TPSA) is 78.9 Å². The first kappa shape index (κ1) is 54.9. The zero-order valence-corrected chi connectivity index (χ0v) is 37.8. The molecule has 0 saturated carbocycles. The fraction of sp³-hybridized carbons (Fsp3) is 0.712. The van der Waals surface area contributed by atoms with Crippen LogP contribution >= 0.6 is 0 Å². The van der Waals surface area contributed by atoms with Crippen LogP contribution in [0.3, 0.4) is 0 Å². The van der Waals surface area contributed by atoms with E-state index < -0.39 is 6.10 Å². The van der Waals surface area contributed by atoms with Crippen molar-refractivity contribution >= 4 is 17.9 Å². The van der Waals surface area contributed by atoms with E-state index in [0.29, 0.717) is 19.3 Å². The van der Waals surface area contributed by atoms with Gasteiger partial charge >= 0.3 is 17.9 Å². The largest absolute Gasteiger partial charge is 0.462 e. The average Bonchev–Trinajstić information content (AvgIpc) is 3.22. The number of hydrogen-bond donors (Lipinski definition) is 0. The van der Waals surface area contributed by atoms with E-state index in [0.717, 1.165) is 109 Å². The van der Waals surface area contributed by atoms with Crippen LogP contribution < -0.4 is 0 Å². The molecular formula is C52H88O6. The Morgan fingerprint density at radius 3 is 1.07 bits per heavy atom. The highest BCUT2D eigenvalue weighted by atomic mass is 16.6. The van der Waals surface area contributed by atoms with Gasteiger partial charge in [-0.3, -0.25) is 14.4 Å². The summed E-state index contributed by atoms with van der Waals surface area (Å²) < 4.78 is 16.7. The zero-order chi connectivity index (χ0) is 42.3. The molecule has 0 aliphatic carbocycles. The Labute approximate surface area is 357 Å². The molecule has 0 saturated heterocycles. The standard InChI is InChI=1S/C52H88O6/c1-4-7-10-13-16-19-22-24-26-27-29-30-33-36-39-42-45-51(54)57-48-49(47-56-50(53)44-41-38-35-32-21-18-15-12-9-6-3)58-52(55)46-43-40-37-34-31-28-25-23-20-17-14-11-8-5-2/h7-8,10-11,16-17,19-20,24,26,29-30,49H,4-6,9,12-15,18,21-23,25,27-28,31-48H2,1-3H3/b10-7-,11-8-,19-16-,20-17-,26-24-,30-29-. The molecule has 6 nitrogen and oxygen atoms in total. The molecule has 332 valence electrons. The van der Waals surface area contributed by atoms with Crippen molar-refractivity contribution < 1.29 is 28.6 Å². The van der Waals surface area contributed by atoms with Gasteiger partial charge in [-0.15, -0.1) is 0 Å². The predicted octanol–water partition coefficient (Wildman–Crippen LogP) is 15.5. The molecule has 58 heavy (non-hydrogen) atoms. The molecule has 1 atom stereocenters. The van der Waals surface area contributed by atoms with Gasteiger partial charge in [0.15, 0.2) is 6.10 Å². The van der Waals surface area contributed by atoms with E-state index in [1.54, 1.807) is 0 Å². The van der Waals surface area contributed by atoms with Crippen LogP contribution in [0.1, 0.15) is 220 Å². The summed E-state index contributed by atoms with van der Waals surface area (Å²) in [6, 6.07) is 0. The highest BCUT2D eigenvalue weighted by Crippen LogP contribution is 2.14. The van der Waals surface area contributed by atoms with Crippen LogP contribution in [0.5, 0.6) is 0 Å². The van der Waals surface area contributed by atoms with Crippen LogP contribution in [0.4, 0.5) is 0 Å². The first-order chi connectivity index (χ1) is 28.5. The molecule has 0 aliphatic rings. The van der Waals surface area contributed by atoms with Gasteiger partial charge in [-0.2, -0.15) is 0 Å². The van der Waals surface area contributed by atoms with Crippen LogP contribution in [0.25, 0.3) is 0 Å². The summed E-state index contributed by atoms with van der Waals surface area (Å²) in [7, 11) is 0. The molecule has 0 fully saturated rings. The lowest BCUT2D eigenvalue weighted by atomic mass is 10.1. The third-order valence-corrected chi connectivity index (χ3v) is 9.96. The van der Waals surface area contributed by atoms with E-state index in [2.05, 4.69) is 93.7 Å². The number of carbonyl (C=O) groups is 3. The molecule has 0 spiro atoms. The maximum Gasteiger partial charge on any atom is 0.306 e.